The van der Waals surface area contributed by atoms with E-state index in [-0.39, 0.29) is 12.3 Å². The first-order valence-corrected chi connectivity index (χ1v) is 11.2. The molecule has 0 spiro atoms. The standard InChI is InChI=1S/C21H34N4O9/c1-11(2)10-12(22)20(32)25-9-3-4-15(25)19(31)23-13(5-7-16(26)27)18(30)24-14(21(33)34)6-8-17(28)29/h11-15H,3-10,22H2,1-2H3,(H,23,31)(H,24,30)(H,26,27)(H,28,29)(H,33,34). The van der Waals surface area contributed by atoms with Crippen molar-refractivity contribution in [3.8, 4) is 0 Å². The van der Waals surface area contributed by atoms with Crippen LogP contribution in [0.4, 0.5) is 0 Å². The maximum atomic E-state index is 12.9. The molecule has 1 aliphatic rings. The van der Waals surface area contributed by atoms with Crippen LogP contribution in [0.15, 0.2) is 0 Å². The molecular weight excluding hydrogens is 452 g/mol. The Hall–Kier alpha value is -3.22. The van der Waals surface area contributed by atoms with Gasteiger partial charge in [-0.05, 0) is 38.0 Å². The first-order valence-electron chi connectivity index (χ1n) is 11.2. The van der Waals surface area contributed by atoms with Gasteiger partial charge >= 0.3 is 17.9 Å². The number of carbonyl (C=O) groups excluding carboxylic acids is 3. The van der Waals surface area contributed by atoms with Crippen molar-refractivity contribution >= 4 is 35.6 Å². The van der Waals surface area contributed by atoms with Crippen LogP contribution in [0.1, 0.15) is 58.8 Å². The van der Waals surface area contributed by atoms with Crippen LogP contribution < -0.4 is 16.4 Å². The van der Waals surface area contributed by atoms with E-state index in [1.54, 1.807) is 0 Å². The third-order valence-corrected chi connectivity index (χ3v) is 5.42. The first kappa shape index (κ1) is 28.8. The number of likely N-dealkylation sites (tertiary alicyclic amines) is 1. The quantitative estimate of drug-likeness (QED) is 0.178. The van der Waals surface area contributed by atoms with Gasteiger partial charge in [-0.1, -0.05) is 13.8 Å². The zero-order chi connectivity index (χ0) is 26.0. The van der Waals surface area contributed by atoms with Gasteiger partial charge in [0.25, 0.3) is 0 Å². The zero-order valence-corrected chi connectivity index (χ0v) is 19.4. The van der Waals surface area contributed by atoms with E-state index in [1.807, 2.05) is 13.8 Å². The van der Waals surface area contributed by atoms with E-state index >= 15 is 0 Å². The highest BCUT2D eigenvalue weighted by atomic mass is 16.4. The van der Waals surface area contributed by atoms with E-state index in [0.717, 1.165) is 0 Å². The Bertz CT molecular complexity index is 786. The molecule has 1 rings (SSSR count). The van der Waals surface area contributed by atoms with Crippen LogP contribution in [0, 0.1) is 5.92 Å². The Morgan fingerprint density at radius 2 is 1.50 bits per heavy atom. The Labute approximate surface area is 197 Å². The van der Waals surface area contributed by atoms with E-state index in [1.165, 1.54) is 4.90 Å². The molecule has 4 unspecified atom stereocenters. The number of aliphatic carboxylic acids is 3. The van der Waals surface area contributed by atoms with Gasteiger partial charge in [0.05, 0.1) is 6.04 Å². The van der Waals surface area contributed by atoms with E-state index in [2.05, 4.69) is 10.6 Å². The number of nitrogens with zero attached hydrogens (tertiary/aromatic N) is 1. The molecule has 34 heavy (non-hydrogen) atoms. The molecule has 1 heterocycles. The van der Waals surface area contributed by atoms with Crippen molar-refractivity contribution in [3.63, 3.8) is 0 Å². The van der Waals surface area contributed by atoms with E-state index in [4.69, 9.17) is 15.9 Å². The molecule has 192 valence electrons. The van der Waals surface area contributed by atoms with Crippen molar-refractivity contribution in [2.45, 2.75) is 83.0 Å². The predicted octanol–water partition coefficient (Wildman–Crippen LogP) is -0.865. The molecule has 0 aromatic rings. The van der Waals surface area contributed by atoms with Crippen molar-refractivity contribution in [2.24, 2.45) is 11.7 Å². The van der Waals surface area contributed by atoms with Crippen LogP contribution in [0.5, 0.6) is 0 Å². The minimum atomic E-state index is -1.54. The van der Waals surface area contributed by atoms with Crippen LogP contribution in [0.25, 0.3) is 0 Å². The Morgan fingerprint density at radius 1 is 0.941 bits per heavy atom. The highest BCUT2D eigenvalue weighted by Gasteiger charge is 2.38. The molecule has 0 saturated carbocycles. The largest absolute Gasteiger partial charge is 0.481 e. The average molecular weight is 487 g/mol. The summed E-state index contributed by atoms with van der Waals surface area (Å²) in [5.74, 6) is -5.81. The molecule has 0 aromatic heterocycles. The number of nitrogens with two attached hydrogens (primary N) is 1. The third kappa shape index (κ3) is 9.33. The molecule has 13 nitrogen and oxygen atoms in total. The summed E-state index contributed by atoms with van der Waals surface area (Å²) in [7, 11) is 0. The summed E-state index contributed by atoms with van der Waals surface area (Å²) < 4.78 is 0. The number of carbonyl (C=O) groups is 6. The Kier molecular flexibility index (Phi) is 11.4. The lowest BCUT2D eigenvalue weighted by atomic mass is 10.0. The molecule has 4 atom stereocenters. The van der Waals surface area contributed by atoms with Crippen molar-refractivity contribution in [2.75, 3.05) is 6.54 Å². The molecule has 0 bridgehead atoms. The highest BCUT2D eigenvalue weighted by Crippen LogP contribution is 2.20. The summed E-state index contributed by atoms with van der Waals surface area (Å²) in [6.07, 6.45) is -0.423. The van der Waals surface area contributed by atoms with Gasteiger partial charge in [-0.2, -0.15) is 0 Å². The lowest BCUT2D eigenvalue weighted by molar-refractivity contribution is -0.144. The summed E-state index contributed by atoms with van der Waals surface area (Å²) in [5.41, 5.74) is 5.97. The maximum Gasteiger partial charge on any atom is 0.326 e. The maximum absolute atomic E-state index is 12.9. The summed E-state index contributed by atoms with van der Waals surface area (Å²) in [4.78, 5) is 72.8. The fourth-order valence-electron chi connectivity index (χ4n) is 3.73. The van der Waals surface area contributed by atoms with Gasteiger partial charge in [0.2, 0.25) is 17.7 Å². The normalized spacial score (nSPS) is 18.1. The van der Waals surface area contributed by atoms with Gasteiger partial charge in [0.1, 0.15) is 18.1 Å². The fourth-order valence-corrected chi connectivity index (χ4v) is 3.73. The van der Waals surface area contributed by atoms with Crippen LogP contribution in [0.3, 0.4) is 0 Å². The molecule has 3 amide bonds. The lowest BCUT2D eigenvalue weighted by Gasteiger charge is -2.29. The monoisotopic (exact) mass is 486 g/mol. The number of hydrogen-bond donors (Lipinski definition) is 6. The molecule has 7 N–H and O–H groups in total. The summed E-state index contributed by atoms with van der Waals surface area (Å²) >= 11 is 0. The van der Waals surface area contributed by atoms with Gasteiger partial charge in [-0.3, -0.25) is 24.0 Å². The summed E-state index contributed by atoms with van der Waals surface area (Å²) in [6.45, 7) is 4.13. The second-order valence-electron chi connectivity index (χ2n) is 8.75. The van der Waals surface area contributed by atoms with Crippen molar-refractivity contribution < 1.29 is 44.1 Å². The molecule has 1 aliphatic heterocycles. The number of carboxylic acids is 3. The van der Waals surface area contributed by atoms with Crippen LogP contribution >= 0.6 is 0 Å². The first-order chi connectivity index (χ1) is 15.8. The molecule has 0 aliphatic carbocycles. The van der Waals surface area contributed by atoms with Gasteiger partial charge in [-0.15, -0.1) is 0 Å². The fraction of sp³-hybridized carbons (Fsp3) is 0.714. The minimum absolute atomic E-state index is 0.168. The van der Waals surface area contributed by atoms with Gasteiger partial charge in [0.15, 0.2) is 0 Å². The molecule has 1 saturated heterocycles. The summed E-state index contributed by atoms with van der Waals surface area (Å²) in [5, 5.41) is 31.6. The second-order valence-corrected chi connectivity index (χ2v) is 8.75. The van der Waals surface area contributed by atoms with Gasteiger partial charge < -0.3 is 36.6 Å². The zero-order valence-electron chi connectivity index (χ0n) is 19.4. The molecule has 13 heteroatoms. The van der Waals surface area contributed by atoms with Crippen molar-refractivity contribution in [3.05, 3.63) is 0 Å². The van der Waals surface area contributed by atoms with Crippen molar-refractivity contribution in [1.82, 2.24) is 15.5 Å². The molecule has 1 fully saturated rings. The number of carboxylic acid groups (broad SMARTS) is 3. The van der Waals surface area contributed by atoms with Crippen LogP contribution in [-0.4, -0.2) is 86.6 Å². The average Bonchev–Trinajstić information content (AvgIpc) is 3.22. The molecular formula is C21H34N4O9. The lowest BCUT2D eigenvalue weighted by Crippen LogP contribution is -2.56. The van der Waals surface area contributed by atoms with Gasteiger partial charge in [0, 0.05) is 19.4 Å². The van der Waals surface area contributed by atoms with E-state index in [9.17, 15) is 33.9 Å². The van der Waals surface area contributed by atoms with Crippen molar-refractivity contribution in [1.29, 1.82) is 0 Å². The Balaban J connectivity index is 2.94. The highest BCUT2D eigenvalue weighted by molar-refractivity contribution is 5.94. The topological polar surface area (TPSA) is 216 Å². The third-order valence-electron chi connectivity index (χ3n) is 5.42. The minimum Gasteiger partial charge on any atom is -0.481 e. The molecule has 0 aromatic carbocycles. The number of rotatable bonds is 14. The number of amides is 3. The Morgan fingerprint density at radius 3 is 2.00 bits per heavy atom. The summed E-state index contributed by atoms with van der Waals surface area (Å²) in [6, 6.07) is -4.61. The van der Waals surface area contributed by atoms with E-state index < -0.39 is 79.1 Å². The smallest absolute Gasteiger partial charge is 0.326 e. The number of hydrogen-bond acceptors (Lipinski definition) is 7. The molecule has 0 radical (unpaired) electrons. The second kappa shape index (κ2) is 13.5. The van der Waals surface area contributed by atoms with E-state index in [0.29, 0.717) is 25.8 Å². The SMILES string of the molecule is CC(C)CC(N)C(=O)N1CCCC1C(=O)NC(CCC(=O)O)C(=O)NC(CCC(=O)O)C(=O)O. The van der Waals surface area contributed by atoms with Crippen LogP contribution in [0.2, 0.25) is 0 Å². The predicted molar refractivity (Wildman–Crippen MR) is 117 cm³/mol. The number of nitrogens with one attached hydrogen (secondary N) is 2. The van der Waals surface area contributed by atoms with Gasteiger partial charge in [-0.25, -0.2) is 4.79 Å². The van der Waals surface area contributed by atoms with Crippen LogP contribution in [-0.2, 0) is 28.8 Å².